The van der Waals surface area contributed by atoms with Crippen LogP contribution in [0.4, 0.5) is 0 Å². The van der Waals surface area contributed by atoms with Crippen LogP contribution in [0.15, 0.2) is 41.5 Å². The number of benzene rings is 1. The van der Waals surface area contributed by atoms with Crippen LogP contribution >= 0.6 is 24.0 Å². The lowest BCUT2D eigenvalue weighted by Crippen LogP contribution is -2.41. The highest BCUT2D eigenvalue weighted by atomic mass is 127. The number of hydrogen-bond acceptors (Lipinski definition) is 3. The monoisotopic (exact) mass is 481 g/mol. The van der Waals surface area contributed by atoms with Crippen LogP contribution in [0.25, 0.3) is 5.69 Å². The Kier molecular flexibility index (Phi) is 6.41. The number of aromatic nitrogens is 2. The molecule has 2 saturated heterocycles. The molecule has 2 aliphatic rings. The zero-order valence-corrected chi connectivity index (χ0v) is 18.3. The minimum absolute atomic E-state index is 0. The number of aliphatic imine (C=N–C) groups is 1. The van der Waals surface area contributed by atoms with Crippen LogP contribution in [0.1, 0.15) is 24.1 Å². The van der Waals surface area contributed by atoms with Crippen molar-refractivity contribution in [3.8, 4) is 5.69 Å². The van der Waals surface area contributed by atoms with Gasteiger partial charge in [-0.2, -0.15) is 5.10 Å². The number of guanidine groups is 1. The van der Waals surface area contributed by atoms with Crippen molar-refractivity contribution < 1.29 is 4.74 Å². The fraction of sp³-hybridized carbons (Fsp3) is 0.500. The molecular weight excluding hydrogens is 453 g/mol. The Bertz CT molecular complexity index is 797. The summed E-state index contributed by atoms with van der Waals surface area (Å²) in [4.78, 5) is 6.88. The van der Waals surface area contributed by atoms with E-state index in [0.717, 1.165) is 50.2 Å². The summed E-state index contributed by atoms with van der Waals surface area (Å²) in [6.45, 7) is 6.60. The fourth-order valence-corrected chi connectivity index (χ4v) is 4.03. The Labute approximate surface area is 178 Å². The summed E-state index contributed by atoms with van der Waals surface area (Å²) in [5.41, 5.74) is 3.66. The molecule has 0 saturated carbocycles. The Hall–Kier alpha value is -1.61. The number of nitrogens with one attached hydrogen (secondary N) is 1. The maximum absolute atomic E-state index is 5.64. The van der Waals surface area contributed by atoms with E-state index in [0.29, 0.717) is 5.41 Å². The van der Waals surface area contributed by atoms with E-state index >= 15 is 0 Å². The molecule has 1 N–H and O–H groups in total. The third-order valence-electron chi connectivity index (χ3n) is 5.53. The largest absolute Gasteiger partial charge is 0.381 e. The Balaban J connectivity index is 0.00000210. The van der Waals surface area contributed by atoms with Crippen LogP contribution in [0.5, 0.6) is 0 Å². The van der Waals surface area contributed by atoms with Crippen LogP contribution in [0.3, 0.4) is 0 Å². The van der Waals surface area contributed by atoms with Crippen LogP contribution in [0.2, 0.25) is 0 Å². The summed E-state index contributed by atoms with van der Waals surface area (Å²) in [6, 6.07) is 10.4. The van der Waals surface area contributed by atoms with E-state index in [-0.39, 0.29) is 24.0 Å². The Morgan fingerprint density at radius 2 is 2.15 bits per heavy atom. The molecule has 2 aromatic rings. The van der Waals surface area contributed by atoms with Crippen LogP contribution in [0, 0.1) is 12.3 Å². The van der Waals surface area contributed by atoms with Crippen molar-refractivity contribution >= 4 is 29.9 Å². The van der Waals surface area contributed by atoms with Crippen molar-refractivity contribution in [2.45, 2.75) is 26.3 Å². The summed E-state index contributed by atoms with van der Waals surface area (Å²) in [6.07, 6.45) is 4.37. The Morgan fingerprint density at radius 1 is 1.30 bits per heavy atom. The number of aryl methyl sites for hydroxylation is 1. The van der Waals surface area contributed by atoms with Gasteiger partial charge in [0.1, 0.15) is 0 Å². The minimum atomic E-state index is 0. The number of rotatable bonds is 3. The van der Waals surface area contributed by atoms with Crippen LogP contribution < -0.4 is 5.32 Å². The summed E-state index contributed by atoms with van der Waals surface area (Å²) in [5.74, 6) is 0.972. The maximum atomic E-state index is 5.64. The first-order valence-electron chi connectivity index (χ1n) is 9.33. The van der Waals surface area contributed by atoms with Crippen molar-refractivity contribution in [2.24, 2.45) is 10.4 Å². The normalized spacial score (nSPS) is 22.3. The molecule has 1 spiro atoms. The lowest BCUT2D eigenvalue weighted by Gasteiger charge is -2.25. The predicted molar refractivity (Wildman–Crippen MR) is 118 cm³/mol. The number of para-hydroxylation sites is 1. The van der Waals surface area contributed by atoms with Crippen molar-refractivity contribution in [1.82, 2.24) is 20.0 Å². The third-order valence-corrected chi connectivity index (χ3v) is 5.53. The second-order valence-electron chi connectivity index (χ2n) is 7.41. The Morgan fingerprint density at radius 3 is 2.85 bits per heavy atom. The first-order valence-corrected chi connectivity index (χ1v) is 9.33. The van der Waals surface area contributed by atoms with Gasteiger partial charge in [0.05, 0.1) is 18.0 Å². The third kappa shape index (κ3) is 4.29. The molecule has 6 nitrogen and oxygen atoms in total. The number of ether oxygens (including phenoxy) is 1. The molecule has 1 aromatic carbocycles. The summed E-state index contributed by atoms with van der Waals surface area (Å²) in [7, 11) is 1.86. The van der Waals surface area contributed by atoms with Gasteiger partial charge in [-0.25, -0.2) is 4.68 Å². The van der Waals surface area contributed by atoms with Gasteiger partial charge in [0.15, 0.2) is 5.96 Å². The number of hydrogen-bond donors (Lipinski definition) is 1. The minimum Gasteiger partial charge on any atom is -0.381 e. The first kappa shape index (κ1) is 20.1. The van der Waals surface area contributed by atoms with Gasteiger partial charge in [-0.15, -0.1) is 24.0 Å². The molecular formula is C20H28IN5O. The van der Waals surface area contributed by atoms with Crippen molar-refractivity contribution in [3.05, 3.63) is 47.8 Å². The lowest BCUT2D eigenvalue weighted by atomic mass is 9.87. The molecule has 0 aliphatic carbocycles. The second kappa shape index (κ2) is 8.60. The van der Waals surface area contributed by atoms with E-state index in [2.05, 4.69) is 44.6 Å². The summed E-state index contributed by atoms with van der Waals surface area (Å²) < 4.78 is 7.58. The van der Waals surface area contributed by atoms with E-state index < -0.39 is 0 Å². The van der Waals surface area contributed by atoms with Crippen LogP contribution in [-0.4, -0.2) is 54.0 Å². The van der Waals surface area contributed by atoms with E-state index in [1.165, 1.54) is 18.4 Å². The van der Waals surface area contributed by atoms with Gasteiger partial charge in [0.2, 0.25) is 0 Å². The molecule has 4 rings (SSSR count). The highest BCUT2D eigenvalue weighted by Gasteiger charge is 2.42. The van der Waals surface area contributed by atoms with Gasteiger partial charge < -0.3 is 15.0 Å². The molecule has 27 heavy (non-hydrogen) atoms. The molecule has 146 valence electrons. The molecule has 1 aromatic heterocycles. The number of likely N-dealkylation sites (tertiary alicyclic amines) is 1. The number of nitrogens with zero attached hydrogens (tertiary/aromatic N) is 4. The lowest BCUT2D eigenvalue weighted by molar-refractivity contribution is 0.156. The highest BCUT2D eigenvalue weighted by Crippen LogP contribution is 2.38. The summed E-state index contributed by atoms with van der Waals surface area (Å²) in [5, 5.41) is 8.09. The van der Waals surface area contributed by atoms with Gasteiger partial charge >= 0.3 is 0 Å². The average molecular weight is 481 g/mol. The molecule has 1 unspecified atom stereocenters. The van der Waals surface area contributed by atoms with E-state index in [1.54, 1.807) is 0 Å². The van der Waals surface area contributed by atoms with Crippen molar-refractivity contribution in [3.63, 3.8) is 0 Å². The van der Waals surface area contributed by atoms with Gasteiger partial charge in [0, 0.05) is 44.9 Å². The molecule has 7 heteroatoms. The standard InChI is InChI=1S/C20H27N5O.HI/c1-16-7-10-25(23-16)18-6-4-3-5-17(18)13-22-19(21-2)24-11-8-20(14-24)9-12-26-15-20;/h3-7,10H,8-9,11-15H2,1-2H3,(H,21,22);1H. The quantitative estimate of drug-likeness (QED) is 0.416. The molecule has 1 atom stereocenters. The zero-order chi connectivity index (χ0) is 18.0. The first-order chi connectivity index (χ1) is 12.7. The number of halogens is 1. The van der Waals surface area contributed by atoms with E-state index in [1.807, 2.05) is 30.9 Å². The molecule has 0 radical (unpaired) electrons. The van der Waals surface area contributed by atoms with E-state index in [9.17, 15) is 0 Å². The molecule has 2 aliphatic heterocycles. The smallest absolute Gasteiger partial charge is 0.193 e. The maximum Gasteiger partial charge on any atom is 0.193 e. The van der Waals surface area contributed by atoms with Gasteiger partial charge in [-0.1, -0.05) is 18.2 Å². The summed E-state index contributed by atoms with van der Waals surface area (Å²) >= 11 is 0. The van der Waals surface area contributed by atoms with Gasteiger partial charge in [-0.3, -0.25) is 4.99 Å². The van der Waals surface area contributed by atoms with Crippen LogP contribution in [-0.2, 0) is 11.3 Å². The predicted octanol–water partition coefficient (Wildman–Crippen LogP) is 2.99. The second-order valence-corrected chi connectivity index (χ2v) is 7.41. The molecule has 3 heterocycles. The molecule has 0 bridgehead atoms. The zero-order valence-electron chi connectivity index (χ0n) is 16.0. The SMILES string of the molecule is CN=C(NCc1ccccc1-n1ccc(C)n1)N1CCC2(CCOC2)C1.I. The van der Waals surface area contributed by atoms with Gasteiger partial charge in [0.25, 0.3) is 0 Å². The van der Waals surface area contributed by atoms with Crippen molar-refractivity contribution in [2.75, 3.05) is 33.4 Å². The topological polar surface area (TPSA) is 54.7 Å². The van der Waals surface area contributed by atoms with E-state index in [4.69, 9.17) is 4.74 Å². The average Bonchev–Trinajstić information content (AvgIpc) is 3.39. The molecule has 0 amide bonds. The highest BCUT2D eigenvalue weighted by molar-refractivity contribution is 14.0. The molecule has 2 fully saturated rings. The van der Waals surface area contributed by atoms with Crippen molar-refractivity contribution in [1.29, 1.82) is 0 Å². The fourth-order valence-electron chi connectivity index (χ4n) is 4.03. The van der Waals surface area contributed by atoms with Gasteiger partial charge in [-0.05, 0) is 37.5 Å².